The number of sulfone groups is 1. The predicted octanol–water partition coefficient (Wildman–Crippen LogP) is 1.34. The van der Waals surface area contributed by atoms with Crippen molar-refractivity contribution in [1.29, 1.82) is 0 Å². The summed E-state index contributed by atoms with van der Waals surface area (Å²) < 4.78 is 47.0. The first-order valence-electron chi connectivity index (χ1n) is 8.69. The van der Waals surface area contributed by atoms with Crippen LogP contribution in [0.3, 0.4) is 0 Å². The molecular formula is C18H24FNO6S. The molecule has 0 spiro atoms. The molecule has 0 unspecified atom stereocenters. The quantitative estimate of drug-likeness (QED) is 0.641. The molecular weight excluding hydrogens is 377 g/mol. The van der Waals surface area contributed by atoms with Crippen LogP contribution in [0, 0.1) is 5.82 Å². The molecule has 7 nitrogen and oxygen atoms in total. The van der Waals surface area contributed by atoms with Crippen LogP contribution in [0.25, 0.3) is 0 Å². The van der Waals surface area contributed by atoms with Crippen LogP contribution in [-0.4, -0.2) is 62.5 Å². The van der Waals surface area contributed by atoms with E-state index in [0.29, 0.717) is 18.5 Å². The van der Waals surface area contributed by atoms with Gasteiger partial charge in [-0.05, 0) is 38.0 Å². The largest absolute Gasteiger partial charge is 0.494 e. The number of esters is 1. The van der Waals surface area contributed by atoms with Gasteiger partial charge in [0.05, 0.1) is 25.0 Å². The molecule has 0 aliphatic carbocycles. The molecule has 150 valence electrons. The van der Waals surface area contributed by atoms with Gasteiger partial charge in [-0.25, -0.2) is 12.8 Å². The van der Waals surface area contributed by atoms with Crippen LogP contribution < -0.4 is 4.74 Å². The van der Waals surface area contributed by atoms with Crippen LogP contribution >= 0.6 is 0 Å². The summed E-state index contributed by atoms with van der Waals surface area (Å²) in [5.41, 5.74) is 0.396. The van der Waals surface area contributed by atoms with Gasteiger partial charge in [0.15, 0.2) is 27.5 Å². The Hall–Kier alpha value is -2.16. The molecule has 9 heteroatoms. The third-order valence-corrected chi connectivity index (χ3v) is 6.24. The highest BCUT2D eigenvalue weighted by Crippen LogP contribution is 2.20. The summed E-state index contributed by atoms with van der Waals surface area (Å²) in [6, 6.07) is 3.72. The lowest BCUT2D eigenvalue weighted by Gasteiger charge is -2.29. The van der Waals surface area contributed by atoms with Crippen LogP contribution in [-0.2, 0) is 30.6 Å². The summed E-state index contributed by atoms with van der Waals surface area (Å²) >= 11 is 0. The molecule has 1 aromatic carbocycles. The molecule has 27 heavy (non-hydrogen) atoms. The third-order valence-electron chi connectivity index (χ3n) is 4.49. The van der Waals surface area contributed by atoms with Crippen LogP contribution in [0.4, 0.5) is 4.39 Å². The van der Waals surface area contributed by atoms with Crippen molar-refractivity contribution in [2.45, 2.75) is 38.8 Å². The van der Waals surface area contributed by atoms with Crippen molar-refractivity contribution >= 4 is 21.7 Å². The number of likely N-dealkylation sites (N-methyl/N-ethyl adjacent to an activating group) is 1. The summed E-state index contributed by atoms with van der Waals surface area (Å²) in [6.07, 6.45) is -0.861. The Kier molecular flexibility index (Phi) is 6.80. The Labute approximate surface area is 158 Å². The third kappa shape index (κ3) is 5.41. The SMILES string of the molecule is CCN(C(=O)[C@H](C)OC(=O)Cc1ccc(OC)c(F)c1)[C@@H]1CCS(=O)(=O)C1. The first-order valence-corrected chi connectivity index (χ1v) is 10.5. The Morgan fingerprint density at radius 2 is 2.07 bits per heavy atom. The molecule has 1 aliphatic rings. The van der Waals surface area contributed by atoms with Crippen LogP contribution in [0.15, 0.2) is 18.2 Å². The lowest BCUT2D eigenvalue weighted by atomic mass is 10.1. The number of carbonyl (C=O) groups is 2. The van der Waals surface area contributed by atoms with E-state index in [4.69, 9.17) is 9.47 Å². The summed E-state index contributed by atoms with van der Waals surface area (Å²) in [5.74, 6) is -1.64. The molecule has 2 atom stereocenters. The zero-order valence-corrected chi connectivity index (χ0v) is 16.4. The van der Waals surface area contributed by atoms with Crippen LogP contribution in [0.2, 0.25) is 0 Å². The summed E-state index contributed by atoms with van der Waals surface area (Å²) in [4.78, 5) is 26.1. The smallest absolute Gasteiger partial charge is 0.311 e. The lowest BCUT2D eigenvalue weighted by molar-refractivity contribution is -0.159. The van der Waals surface area contributed by atoms with Gasteiger partial charge in [0.1, 0.15) is 0 Å². The van der Waals surface area contributed by atoms with Crippen molar-refractivity contribution in [1.82, 2.24) is 4.90 Å². The highest BCUT2D eigenvalue weighted by Gasteiger charge is 2.36. The monoisotopic (exact) mass is 401 g/mol. The molecule has 0 aromatic heterocycles. The number of amides is 1. The van der Waals surface area contributed by atoms with E-state index in [1.165, 1.54) is 37.1 Å². The maximum absolute atomic E-state index is 13.7. The van der Waals surface area contributed by atoms with Crippen LogP contribution in [0.1, 0.15) is 25.8 Å². The van der Waals surface area contributed by atoms with E-state index < -0.39 is 39.7 Å². The number of ether oxygens (including phenoxy) is 2. The molecule has 0 N–H and O–H groups in total. The Balaban J connectivity index is 1.96. The van der Waals surface area contributed by atoms with Crippen molar-refractivity contribution in [3.05, 3.63) is 29.6 Å². The van der Waals surface area contributed by atoms with Crippen molar-refractivity contribution in [2.24, 2.45) is 0 Å². The fourth-order valence-electron chi connectivity index (χ4n) is 3.12. The Bertz CT molecular complexity index is 810. The van der Waals surface area contributed by atoms with E-state index in [0.717, 1.165) is 0 Å². The maximum Gasteiger partial charge on any atom is 0.311 e. The van der Waals surface area contributed by atoms with Gasteiger partial charge >= 0.3 is 5.97 Å². The van der Waals surface area contributed by atoms with Gasteiger partial charge in [0, 0.05) is 12.6 Å². The fourth-order valence-corrected chi connectivity index (χ4v) is 4.86. The average Bonchev–Trinajstić information content (AvgIpc) is 2.95. The van der Waals surface area contributed by atoms with E-state index in [1.807, 2.05) is 0 Å². The highest BCUT2D eigenvalue weighted by molar-refractivity contribution is 7.91. The van der Waals surface area contributed by atoms with E-state index in [9.17, 15) is 22.4 Å². The van der Waals surface area contributed by atoms with E-state index >= 15 is 0 Å². The van der Waals surface area contributed by atoms with Gasteiger partial charge in [-0.15, -0.1) is 0 Å². The molecule has 1 amide bonds. The second-order valence-corrected chi connectivity index (χ2v) is 8.69. The lowest BCUT2D eigenvalue weighted by Crippen LogP contribution is -2.46. The van der Waals surface area contributed by atoms with Gasteiger partial charge in [0.2, 0.25) is 0 Å². The van der Waals surface area contributed by atoms with Gasteiger partial charge in [-0.3, -0.25) is 9.59 Å². The number of hydrogen-bond acceptors (Lipinski definition) is 6. The molecule has 1 saturated heterocycles. The van der Waals surface area contributed by atoms with Gasteiger partial charge in [-0.1, -0.05) is 6.07 Å². The number of halogens is 1. The second kappa shape index (κ2) is 8.69. The predicted molar refractivity (Wildman–Crippen MR) is 96.7 cm³/mol. The number of carbonyl (C=O) groups excluding carboxylic acids is 2. The molecule has 1 fully saturated rings. The van der Waals surface area contributed by atoms with E-state index in [-0.39, 0.29) is 23.7 Å². The molecule has 0 saturated carbocycles. The van der Waals surface area contributed by atoms with Crippen molar-refractivity contribution < 1.29 is 31.9 Å². The molecule has 0 radical (unpaired) electrons. The van der Waals surface area contributed by atoms with Gasteiger partial charge in [-0.2, -0.15) is 0 Å². The minimum Gasteiger partial charge on any atom is -0.494 e. The topological polar surface area (TPSA) is 90.0 Å². The van der Waals surface area contributed by atoms with Gasteiger partial charge in [0.25, 0.3) is 5.91 Å². The van der Waals surface area contributed by atoms with E-state index in [2.05, 4.69) is 0 Å². The standard InChI is InChI=1S/C18H24FNO6S/c1-4-20(14-7-8-27(23,24)11-14)18(22)12(2)26-17(21)10-13-5-6-16(25-3)15(19)9-13/h5-6,9,12,14H,4,7-8,10-11H2,1-3H3/t12-,14+/m0/s1. The van der Waals surface area contributed by atoms with Crippen molar-refractivity contribution in [3.8, 4) is 5.75 Å². The summed E-state index contributed by atoms with van der Waals surface area (Å²) in [5, 5.41) is 0. The number of benzene rings is 1. The number of hydrogen-bond donors (Lipinski definition) is 0. The first kappa shape index (κ1) is 21.1. The van der Waals surface area contributed by atoms with E-state index in [1.54, 1.807) is 6.92 Å². The molecule has 1 heterocycles. The van der Waals surface area contributed by atoms with Crippen molar-refractivity contribution in [2.75, 3.05) is 25.2 Å². The van der Waals surface area contributed by atoms with Crippen molar-refractivity contribution in [3.63, 3.8) is 0 Å². The number of methoxy groups -OCH3 is 1. The Morgan fingerprint density at radius 1 is 1.37 bits per heavy atom. The van der Waals surface area contributed by atoms with Gasteiger partial charge < -0.3 is 14.4 Å². The highest BCUT2D eigenvalue weighted by atomic mass is 32.2. The zero-order chi connectivity index (χ0) is 20.2. The maximum atomic E-state index is 13.7. The molecule has 1 aromatic rings. The fraction of sp³-hybridized carbons (Fsp3) is 0.556. The molecule has 0 bridgehead atoms. The summed E-state index contributed by atoms with van der Waals surface area (Å²) in [7, 11) is -1.79. The minimum atomic E-state index is -3.13. The minimum absolute atomic E-state index is 0.0542. The summed E-state index contributed by atoms with van der Waals surface area (Å²) in [6.45, 7) is 3.52. The van der Waals surface area contributed by atoms with Crippen LogP contribution in [0.5, 0.6) is 5.75 Å². The normalized spacial score (nSPS) is 19.3. The number of rotatable bonds is 7. The second-order valence-electron chi connectivity index (χ2n) is 6.46. The Morgan fingerprint density at radius 3 is 2.59 bits per heavy atom. The average molecular weight is 401 g/mol. The number of nitrogens with zero attached hydrogens (tertiary/aromatic N) is 1. The molecule has 1 aliphatic heterocycles. The molecule has 2 rings (SSSR count). The zero-order valence-electron chi connectivity index (χ0n) is 15.6. The first-order chi connectivity index (χ1) is 12.7.